The highest BCUT2D eigenvalue weighted by Crippen LogP contribution is 2.36. The van der Waals surface area contributed by atoms with E-state index in [1.165, 1.54) is 0 Å². The molecule has 1 aromatic carbocycles. The van der Waals surface area contributed by atoms with Gasteiger partial charge in [-0.3, -0.25) is 4.79 Å². The van der Waals surface area contributed by atoms with Crippen LogP contribution in [0.4, 0.5) is 0 Å². The van der Waals surface area contributed by atoms with Gasteiger partial charge in [-0.25, -0.2) is 0 Å². The summed E-state index contributed by atoms with van der Waals surface area (Å²) in [5.74, 6) is -0.733. The van der Waals surface area contributed by atoms with Crippen molar-refractivity contribution in [3.05, 3.63) is 47.5 Å². The van der Waals surface area contributed by atoms with Crippen LogP contribution in [0, 0.1) is 0 Å². The van der Waals surface area contributed by atoms with Gasteiger partial charge in [0, 0.05) is 0 Å². The summed E-state index contributed by atoms with van der Waals surface area (Å²) < 4.78 is 17.0. The van der Waals surface area contributed by atoms with E-state index in [9.17, 15) is 4.79 Å². The maximum Gasteiger partial charge on any atom is 0.187 e. The minimum atomic E-state index is -0.704. The molecule has 2 atom stereocenters. The number of ether oxygens (including phenoxy) is 3. The SMILES string of the molecule is CC1(C)O[C@@H]2C(COCc3ccccc3)=CC(=O)[C@@H]2O1. The van der Waals surface area contributed by atoms with Crippen LogP contribution in [0.25, 0.3) is 0 Å². The van der Waals surface area contributed by atoms with Crippen molar-refractivity contribution >= 4 is 5.78 Å². The Morgan fingerprint density at radius 2 is 1.80 bits per heavy atom. The van der Waals surface area contributed by atoms with Crippen molar-refractivity contribution in [1.29, 1.82) is 0 Å². The lowest BCUT2D eigenvalue weighted by atomic mass is 10.1. The third-order valence-electron chi connectivity index (χ3n) is 3.45. The smallest absolute Gasteiger partial charge is 0.187 e. The van der Waals surface area contributed by atoms with E-state index >= 15 is 0 Å². The van der Waals surface area contributed by atoms with Crippen molar-refractivity contribution in [2.75, 3.05) is 6.61 Å². The topological polar surface area (TPSA) is 44.8 Å². The quantitative estimate of drug-likeness (QED) is 0.844. The lowest BCUT2D eigenvalue weighted by Crippen LogP contribution is -2.26. The van der Waals surface area contributed by atoms with Crippen molar-refractivity contribution in [2.24, 2.45) is 0 Å². The Labute approximate surface area is 118 Å². The van der Waals surface area contributed by atoms with Crippen molar-refractivity contribution in [2.45, 2.75) is 38.4 Å². The lowest BCUT2D eigenvalue weighted by molar-refractivity contribution is -0.153. The van der Waals surface area contributed by atoms with Gasteiger partial charge in [-0.15, -0.1) is 0 Å². The summed E-state index contributed by atoms with van der Waals surface area (Å²) in [7, 11) is 0. The molecule has 1 saturated heterocycles. The van der Waals surface area contributed by atoms with Crippen LogP contribution in [0.5, 0.6) is 0 Å². The van der Waals surface area contributed by atoms with Gasteiger partial charge in [0.15, 0.2) is 17.7 Å². The van der Waals surface area contributed by atoms with E-state index in [1.54, 1.807) is 6.08 Å². The molecule has 0 radical (unpaired) electrons. The molecule has 3 rings (SSSR count). The maximum absolute atomic E-state index is 11.9. The van der Waals surface area contributed by atoms with Crippen LogP contribution in [0.15, 0.2) is 42.0 Å². The molecular formula is C16H18O4. The van der Waals surface area contributed by atoms with Crippen LogP contribution in [-0.4, -0.2) is 30.4 Å². The Kier molecular flexibility index (Phi) is 3.46. The Morgan fingerprint density at radius 1 is 1.10 bits per heavy atom. The summed E-state index contributed by atoms with van der Waals surface area (Å²) in [6, 6.07) is 9.94. The van der Waals surface area contributed by atoms with Gasteiger partial charge in [0.2, 0.25) is 0 Å². The number of benzene rings is 1. The van der Waals surface area contributed by atoms with E-state index in [2.05, 4.69) is 0 Å². The third-order valence-corrected chi connectivity index (χ3v) is 3.45. The number of carbonyl (C=O) groups excluding carboxylic acids is 1. The van der Waals surface area contributed by atoms with Crippen molar-refractivity contribution in [3.8, 4) is 0 Å². The minimum Gasteiger partial charge on any atom is -0.372 e. The summed E-state index contributed by atoms with van der Waals surface area (Å²) in [6.07, 6.45) is 0.795. The summed E-state index contributed by atoms with van der Waals surface area (Å²) in [6.45, 7) is 4.55. The standard InChI is InChI=1S/C16H18O4/c1-16(2)19-14-12(8-13(17)15(14)20-16)10-18-9-11-6-4-3-5-7-11/h3-8,14-15H,9-10H2,1-2H3/t14-,15+/m1/s1. The zero-order valence-corrected chi connectivity index (χ0v) is 11.7. The predicted octanol–water partition coefficient (Wildman–Crippen LogP) is 2.23. The van der Waals surface area contributed by atoms with Crippen LogP contribution >= 0.6 is 0 Å². The molecule has 0 bridgehead atoms. The van der Waals surface area contributed by atoms with E-state index in [0.717, 1.165) is 11.1 Å². The molecular weight excluding hydrogens is 256 g/mol. The van der Waals surface area contributed by atoms with Crippen LogP contribution in [0.2, 0.25) is 0 Å². The zero-order valence-electron chi connectivity index (χ0n) is 11.7. The third kappa shape index (κ3) is 2.68. The van der Waals surface area contributed by atoms with E-state index in [-0.39, 0.29) is 11.9 Å². The first-order valence-corrected chi connectivity index (χ1v) is 6.77. The molecule has 0 aromatic heterocycles. The Morgan fingerprint density at radius 3 is 2.55 bits per heavy atom. The molecule has 2 aliphatic rings. The first-order valence-electron chi connectivity index (χ1n) is 6.77. The van der Waals surface area contributed by atoms with Crippen LogP contribution < -0.4 is 0 Å². The fourth-order valence-corrected chi connectivity index (χ4v) is 2.57. The Hall–Kier alpha value is -1.49. The number of carbonyl (C=O) groups is 1. The van der Waals surface area contributed by atoms with Gasteiger partial charge in [-0.1, -0.05) is 30.3 Å². The highest BCUT2D eigenvalue weighted by molar-refractivity contribution is 5.98. The second kappa shape index (κ2) is 5.13. The van der Waals surface area contributed by atoms with Gasteiger partial charge in [-0.05, 0) is 31.1 Å². The second-order valence-electron chi connectivity index (χ2n) is 5.58. The normalized spacial score (nSPS) is 27.5. The fourth-order valence-electron chi connectivity index (χ4n) is 2.57. The van der Waals surface area contributed by atoms with Crippen LogP contribution in [0.1, 0.15) is 19.4 Å². The van der Waals surface area contributed by atoms with Crippen molar-refractivity contribution in [1.82, 2.24) is 0 Å². The number of hydrogen-bond acceptors (Lipinski definition) is 4. The molecule has 106 valence electrons. The summed E-state index contributed by atoms with van der Waals surface area (Å²) in [4.78, 5) is 11.9. The van der Waals surface area contributed by atoms with Crippen molar-refractivity contribution < 1.29 is 19.0 Å². The largest absolute Gasteiger partial charge is 0.372 e. The average Bonchev–Trinajstić information content (AvgIpc) is 2.87. The summed E-state index contributed by atoms with van der Waals surface area (Å²) >= 11 is 0. The number of rotatable bonds is 4. The summed E-state index contributed by atoms with van der Waals surface area (Å²) in [5.41, 5.74) is 1.97. The van der Waals surface area contributed by atoms with Crippen LogP contribution in [-0.2, 0) is 25.6 Å². The number of fused-ring (bicyclic) bond motifs is 1. The first kappa shape index (κ1) is 13.5. The molecule has 0 unspecified atom stereocenters. The molecule has 0 spiro atoms. The van der Waals surface area contributed by atoms with E-state index in [4.69, 9.17) is 14.2 Å². The van der Waals surface area contributed by atoms with E-state index in [0.29, 0.717) is 13.2 Å². The molecule has 1 fully saturated rings. The molecule has 0 amide bonds. The Balaban J connectivity index is 1.58. The van der Waals surface area contributed by atoms with Crippen molar-refractivity contribution in [3.63, 3.8) is 0 Å². The molecule has 4 nitrogen and oxygen atoms in total. The van der Waals surface area contributed by atoms with E-state index < -0.39 is 11.9 Å². The highest BCUT2D eigenvalue weighted by atomic mass is 16.8. The van der Waals surface area contributed by atoms with E-state index in [1.807, 2.05) is 44.2 Å². The molecule has 1 aromatic rings. The zero-order chi connectivity index (χ0) is 14.2. The second-order valence-corrected chi connectivity index (χ2v) is 5.58. The maximum atomic E-state index is 11.9. The molecule has 1 heterocycles. The molecule has 4 heteroatoms. The van der Waals surface area contributed by atoms with Gasteiger partial charge >= 0.3 is 0 Å². The minimum absolute atomic E-state index is 0.0288. The summed E-state index contributed by atoms with van der Waals surface area (Å²) in [5, 5.41) is 0. The van der Waals surface area contributed by atoms with Crippen LogP contribution in [0.3, 0.4) is 0 Å². The first-order chi connectivity index (χ1) is 9.55. The molecule has 0 N–H and O–H groups in total. The van der Waals surface area contributed by atoms with Gasteiger partial charge in [0.25, 0.3) is 0 Å². The lowest BCUT2D eigenvalue weighted by Gasteiger charge is -2.18. The highest BCUT2D eigenvalue weighted by Gasteiger charge is 2.49. The van der Waals surface area contributed by atoms with Gasteiger partial charge in [0.05, 0.1) is 13.2 Å². The fraction of sp³-hybridized carbons (Fsp3) is 0.438. The monoisotopic (exact) mass is 274 g/mol. The molecule has 1 aliphatic heterocycles. The molecule has 0 saturated carbocycles. The number of hydrogen-bond donors (Lipinski definition) is 0. The predicted molar refractivity (Wildman–Crippen MR) is 73.0 cm³/mol. The number of ketones is 1. The van der Waals surface area contributed by atoms with Gasteiger partial charge in [0.1, 0.15) is 6.10 Å². The van der Waals surface area contributed by atoms with Gasteiger partial charge < -0.3 is 14.2 Å². The molecule has 1 aliphatic carbocycles. The van der Waals surface area contributed by atoms with Gasteiger partial charge in [-0.2, -0.15) is 0 Å². The average molecular weight is 274 g/mol. The molecule has 20 heavy (non-hydrogen) atoms. The Bertz CT molecular complexity index is 533.